The number of halogens is 5. The number of hydrogen-bond acceptors (Lipinski definition) is 1. The van der Waals surface area contributed by atoms with Crippen LogP contribution in [-0.4, -0.2) is 8.90 Å². The minimum Gasteiger partial charge on any atom is -0.376 e. The average Bonchev–Trinajstić information content (AvgIpc) is 2.38. The van der Waals surface area contributed by atoms with Crippen LogP contribution in [0.4, 0.5) is 0 Å². The van der Waals surface area contributed by atoms with Crippen molar-refractivity contribution >= 4 is 66.7 Å². The van der Waals surface area contributed by atoms with E-state index in [4.69, 9.17) is 34.8 Å². The van der Waals surface area contributed by atoms with Gasteiger partial charge in [-0.15, -0.1) is 0 Å². The normalized spacial score (nSPS) is 12.5. The number of alkyl halides is 3. The second kappa shape index (κ2) is 6.15. The summed E-state index contributed by atoms with van der Waals surface area (Å²) in [6.07, 6.45) is 0. The zero-order valence-electron chi connectivity index (χ0n) is 9.96. The second-order valence-electron chi connectivity index (χ2n) is 4.22. The summed E-state index contributed by atoms with van der Waals surface area (Å²) in [5.41, 5.74) is -0.731. The molecule has 1 nitrogen and oxygen atoms in total. The first-order chi connectivity index (χ1) is 9.25. The Balaban J connectivity index is 2.62. The Morgan fingerprint density at radius 3 is 1.25 bits per heavy atom. The maximum absolute atomic E-state index is 11.0. The van der Waals surface area contributed by atoms with E-state index >= 15 is 0 Å². The first-order valence-electron chi connectivity index (χ1n) is 5.56. The molecule has 0 atom stereocenters. The molecule has 2 aromatic rings. The highest BCUT2D eigenvalue weighted by atomic mass is 79.9. The Bertz CT molecular complexity index is 546. The van der Waals surface area contributed by atoms with E-state index in [1.807, 2.05) is 0 Å². The quantitative estimate of drug-likeness (QED) is 0.562. The predicted octanol–water partition coefficient (Wildman–Crippen LogP) is 5.82. The van der Waals surface area contributed by atoms with Crippen molar-refractivity contribution in [1.29, 1.82) is 0 Å². The lowest BCUT2D eigenvalue weighted by Crippen LogP contribution is -2.41. The van der Waals surface area contributed by atoms with Crippen LogP contribution in [0.1, 0.15) is 11.1 Å². The minimum absolute atomic E-state index is 0.503. The van der Waals surface area contributed by atoms with E-state index in [2.05, 4.69) is 31.9 Å². The van der Waals surface area contributed by atoms with E-state index in [-0.39, 0.29) is 0 Å². The largest absolute Gasteiger partial charge is 0.376 e. The molecular weight excluding hydrogens is 450 g/mol. The van der Waals surface area contributed by atoms with E-state index < -0.39 is 9.39 Å². The number of benzene rings is 2. The molecule has 0 saturated heterocycles. The van der Waals surface area contributed by atoms with Crippen molar-refractivity contribution in [3.63, 3.8) is 0 Å². The highest BCUT2D eigenvalue weighted by molar-refractivity contribution is 9.10. The Labute approximate surface area is 149 Å². The third kappa shape index (κ3) is 3.18. The van der Waals surface area contributed by atoms with Gasteiger partial charge in [0.25, 0.3) is 0 Å². The molecule has 0 heterocycles. The summed E-state index contributed by atoms with van der Waals surface area (Å²) in [6, 6.07) is 14.0. The summed E-state index contributed by atoms with van der Waals surface area (Å²) in [6.45, 7) is 0. The Kier molecular flexibility index (Phi) is 5.11. The molecule has 106 valence electrons. The number of rotatable bonds is 2. The van der Waals surface area contributed by atoms with Gasteiger partial charge >= 0.3 is 0 Å². The molecular formula is C14H9Br2Cl3O. The standard InChI is InChI=1S/C14H9Br2Cl3O/c15-11-5-1-9(2-6-11)13(20,14(17,18)19)10-3-7-12(16)8-4-10/h1-8,20H. The van der Waals surface area contributed by atoms with Crippen molar-refractivity contribution < 1.29 is 5.11 Å². The third-order valence-electron chi connectivity index (χ3n) is 2.93. The van der Waals surface area contributed by atoms with Crippen molar-refractivity contribution in [2.45, 2.75) is 9.39 Å². The molecule has 0 aliphatic carbocycles. The van der Waals surface area contributed by atoms with Crippen LogP contribution in [-0.2, 0) is 5.60 Å². The molecule has 6 heteroatoms. The van der Waals surface area contributed by atoms with Gasteiger partial charge in [-0.05, 0) is 35.4 Å². The minimum atomic E-state index is -1.91. The molecule has 0 bridgehead atoms. The van der Waals surface area contributed by atoms with Gasteiger partial charge in [-0.3, -0.25) is 0 Å². The lowest BCUT2D eigenvalue weighted by molar-refractivity contribution is 0.0850. The first-order valence-corrected chi connectivity index (χ1v) is 8.28. The third-order valence-corrected chi connectivity index (χ3v) is 4.81. The smallest absolute Gasteiger partial charge is 0.227 e. The molecule has 2 rings (SSSR count). The van der Waals surface area contributed by atoms with Crippen molar-refractivity contribution in [2.24, 2.45) is 0 Å². The molecule has 0 unspecified atom stereocenters. The summed E-state index contributed by atoms with van der Waals surface area (Å²) < 4.78 is -0.151. The van der Waals surface area contributed by atoms with Gasteiger partial charge in [0.2, 0.25) is 3.79 Å². The molecule has 0 saturated carbocycles. The molecule has 20 heavy (non-hydrogen) atoms. The van der Waals surface area contributed by atoms with Gasteiger partial charge in [-0.25, -0.2) is 0 Å². The maximum atomic E-state index is 11.0. The van der Waals surface area contributed by atoms with Crippen LogP contribution in [0, 0.1) is 0 Å². The zero-order valence-corrected chi connectivity index (χ0v) is 15.4. The van der Waals surface area contributed by atoms with Crippen molar-refractivity contribution in [1.82, 2.24) is 0 Å². The van der Waals surface area contributed by atoms with E-state index in [9.17, 15) is 5.11 Å². The van der Waals surface area contributed by atoms with Gasteiger partial charge in [0.15, 0.2) is 5.60 Å². The van der Waals surface area contributed by atoms with Gasteiger partial charge in [0.05, 0.1) is 0 Å². The van der Waals surface area contributed by atoms with Crippen LogP contribution in [0.15, 0.2) is 57.5 Å². The molecule has 0 aromatic heterocycles. The van der Waals surface area contributed by atoms with E-state index in [0.29, 0.717) is 11.1 Å². The molecule has 0 aliphatic rings. The first kappa shape index (κ1) is 16.6. The van der Waals surface area contributed by atoms with Crippen LogP contribution in [0.5, 0.6) is 0 Å². The number of hydrogen-bond donors (Lipinski definition) is 1. The summed E-state index contributed by atoms with van der Waals surface area (Å²) in [4.78, 5) is 0. The highest BCUT2D eigenvalue weighted by Gasteiger charge is 2.49. The van der Waals surface area contributed by atoms with Crippen LogP contribution in [0.2, 0.25) is 0 Å². The van der Waals surface area contributed by atoms with Crippen molar-refractivity contribution in [3.05, 3.63) is 68.6 Å². The summed E-state index contributed by atoms with van der Waals surface area (Å²) >= 11 is 24.8. The van der Waals surface area contributed by atoms with Gasteiger partial charge in [-0.2, -0.15) is 0 Å². The van der Waals surface area contributed by atoms with Gasteiger partial charge in [0, 0.05) is 8.95 Å². The van der Waals surface area contributed by atoms with Crippen molar-refractivity contribution in [2.75, 3.05) is 0 Å². The fraction of sp³-hybridized carbons (Fsp3) is 0.143. The molecule has 1 N–H and O–H groups in total. The second-order valence-corrected chi connectivity index (χ2v) is 8.33. The molecule has 0 amide bonds. The van der Waals surface area contributed by atoms with Crippen LogP contribution in [0.25, 0.3) is 0 Å². The van der Waals surface area contributed by atoms with E-state index in [0.717, 1.165) is 8.95 Å². The predicted molar refractivity (Wildman–Crippen MR) is 91.6 cm³/mol. The van der Waals surface area contributed by atoms with E-state index in [1.54, 1.807) is 48.5 Å². The van der Waals surface area contributed by atoms with Crippen LogP contribution >= 0.6 is 66.7 Å². The monoisotopic (exact) mass is 456 g/mol. The molecule has 0 spiro atoms. The van der Waals surface area contributed by atoms with E-state index in [1.165, 1.54) is 0 Å². The van der Waals surface area contributed by atoms with Crippen molar-refractivity contribution in [3.8, 4) is 0 Å². The van der Waals surface area contributed by atoms with Crippen LogP contribution in [0.3, 0.4) is 0 Å². The fourth-order valence-corrected chi connectivity index (χ4v) is 3.06. The van der Waals surface area contributed by atoms with Gasteiger partial charge < -0.3 is 5.11 Å². The Morgan fingerprint density at radius 2 is 1.00 bits per heavy atom. The molecule has 0 aliphatic heterocycles. The average molecular weight is 459 g/mol. The van der Waals surface area contributed by atoms with Gasteiger partial charge in [-0.1, -0.05) is 90.9 Å². The van der Waals surface area contributed by atoms with Crippen LogP contribution < -0.4 is 0 Å². The fourth-order valence-electron chi connectivity index (χ4n) is 1.88. The lowest BCUT2D eigenvalue weighted by atomic mass is 9.87. The lowest BCUT2D eigenvalue weighted by Gasteiger charge is -2.35. The summed E-state index contributed by atoms with van der Waals surface area (Å²) in [7, 11) is 0. The Morgan fingerprint density at radius 1 is 0.700 bits per heavy atom. The Hall–Kier alpha value is 0.230. The molecule has 0 radical (unpaired) electrons. The summed E-state index contributed by atoms with van der Waals surface area (Å²) in [5, 5.41) is 11.0. The summed E-state index contributed by atoms with van der Waals surface area (Å²) in [5.74, 6) is 0. The molecule has 0 fully saturated rings. The number of aliphatic hydroxyl groups is 1. The zero-order chi connectivity index (χ0) is 15.0. The maximum Gasteiger partial charge on any atom is 0.227 e. The molecule has 2 aromatic carbocycles. The SMILES string of the molecule is OC(c1ccc(Br)cc1)(c1ccc(Br)cc1)C(Cl)(Cl)Cl. The topological polar surface area (TPSA) is 20.2 Å². The highest BCUT2D eigenvalue weighted by Crippen LogP contribution is 2.49. The van der Waals surface area contributed by atoms with Gasteiger partial charge in [0.1, 0.15) is 0 Å².